The predicted octanol–water partition coefficient (Wildman–Crippen LogP) is 2.65. The quantitative estimate of drug-likeness (QED) is 0.700. The van der Waals surface area contributed by atoms with Crippen molar-refractivity contribution in [1.82, 2.24) is 15.0 Å². The number of rotatable bonds is 4. The average molecular weight is 350 g/mol. The Balaban J connectivity index is 2.21. The molecule has 3 rings (SSSR count). The van der Waals surface area contributed by atoms with E-state index in [1.54, 1.807) is 19.9 Å². The number of aromatic amines is 1. The van der Waals surface area contributed by atoms with Gasteiger partial charge in [0.25, 0.3) is 0 Å². The van der Waals surface area contributed by atoms with Crippen LogP contribution < -0.4 is 11.3 Å². The van der Waals surface area contributed by atoms with Crippen LogP contribution in [0.2, 0.25) is 0 Å². The highest BCUT2D eigenvalue weighted by molar-refractivity contribution is 5.94. The molecular weight excluding hydrogens is 332 g/mol. The van der Waals surface area contributed by atoms with Gasteiger partial charge in [-0.05, 0) is 19.9 Å². The number of pyridine rings is 1. The van der Waals surface area contributed by atoms with E-state index in [1.165, 1.54) is 12.3 Å². The maximum Gasteiger partial charge on any atom is 0.361 e. The van der Waals surface area contributed by atoms with E-state index in [2.05, 4.69) is 15.0 Å². The standard InChI is InChI=1S/C19H18N4O3/c1-11(2)26-19(25)17-18(20)23-15(12-6-4-3-5-7-12)16(22-17)13-8-9-14(24)21-10-13/h3-11H,1-2H3,(H2,20,23)(H,21,24). The summed E-state index contributed by atoms with van der Waals surface area (Å²) >= 11 is 0. The largest absolute Gasteiger partial charge is 0.458 e. The fraction of sp³-hybridized carbons (Fsp3) is 0.158. The Labute approximate surface area is 149 Å². The number of hydrogen-bond donors (Lipinski definition) is 2. The van der Waals surface area contributed by atoms with Crippen LogP contribution in [-0.2, 0) is 4.74 Å². The molecule has 0 radical (unpaired) electrons. The third-order valence-corrected chi connectivity index (χ3v) is 3.56. The minimum Gasteiger partial charge on any atom is -0.458 e. The average Bonchev–Trinajstić information content (AvgIpc) is 2.62. The fourth-order valence-electron chi connectivity index (χ4n) is 2.42. The van der Waals surface area contributed by atoms with E-state index in [1.807, 2.05) is 30.3 Å². The number of benzene rings is 1. The van der Waals surface area contributed by atoms with E-state index in [9.17, 15) is 9.59 Å². The molecule has 0 aliphatic heterocycles. The van der Waals surface area contributed by atoms with Crippen molar-refractivity contribution in [3.05, 3.63) is 64.7 Å². The van der Waals surface area contributed by atoms with Crippen molar-refractivity contribution in [3.8, 4) is 22.5 Å². The molecule has 0 aliphatic carbocycles. The monoisotopic (exact) mass is 350 g/mol. The molecule has 7 nitrogen and oxygen atoms in total. The Morgan fingerprint density at radius 1 is 1.04 bits per heavy atom. The number of esters is 1. The molecule has 0 unspecified atom stereocenters. The highest BCUT2D eigenvalue weighted by atomic mass is 16.5. The molecule has 3 aromatic rings. The van der Waals surface area contributed by atoms with Gasteiger partial charge in [0.05, 0.1) is 17.5 Å². The Morgan fingerprint density at radius 3 is 2.35 bits per heavy atom. The summed E-state index contributed by atoms with van der Waals surface area (Å²) < 4.78 is 5.19. The summed E-state index contributed by atoms with van der Waals surface area (Å²) in [5.41, 5.74) is 8.01. The molecule has 0 saturated carbocycles. The molecule has 2 aromatic heterocycles. The van der Waals surface area contributed by atoms with E-state index >= 15 is 0 Å². The summed E-state index contributed by atoms with van der Waals surface area (Å²) in [7, 11) is 0. The number of anilines is 1. The van der Waals surface area contributed by atoms with Gasteiger partial charge in [0.1, 0.15) is 0 Å². The van der Waals surface area contributed by atoms with Crippen LogP contribution in [0.25, 0.3) is 22.5 Å². The number of nitrogens with two attached hydrogens (primary N) is 1. The Morgan fingerprint density at radius 2 is 1.73 bits per heavy atom. The number of aromatic nitrogens is 3. The van der Waals surface area contributed by atoms with Crippen molar-refractivity contribution in [3.63, 3.8) is 0 Å². The molecule has 0 amide bonds. The smallest absolute Gasteiger partial charge is 0.361 e. The molecule has 2 heterocycles. The van der Waals surface area contributed by atoms with Crippen molar-refractivity contribution in [2.24, 2.45) is 0 Å². The lowest BCUT2D eigenvalue weighted by molar-refractivity contribution is 0.0372. The first-order chi connectivity index (χ1) is 12.5. The number of nitrogens with one attached hydrogen (secondary N) is 1. The van der Waals surface area contributed by atoms with Gasteiger partial charge in [-0.3, -0.25) is 4.79 Å². The van der Waals surface area contributed by atoms with Crippen LogP contribution in [0.4, 0.5) is 5.82 Å². The van der Waals surface area contributed by atoms with Gasteiger partial charge in [-0.15, -0.1) is 0 Å². The zero-order valence-electron chi connectivity index (χ0n) is 14.4. The number of carbonyl (C=O) groups is 1. The molecule has 26 heavy (non-hydrogen) atoms. The zero-order chi connectivity index (χ0) is 18.7. The molecule has 7 heteroatoms. The maximum absolute atomic E-state index is 12.3. The van der Waals surface area contributed by atoms with E-state index in [0.29, 0.717) is 17.0 Å². The second-order valence-corrected chi connectivity index (χ2v) is 5.92. The van der Waals surface area contributed by atoms with Gasteiger partial charge in [-0.25, -0.2) is 14.8 Å². The predicted molar refractivity (Wildman–Crippen MR) is 98.5 cm³/mol. The molecule has 1 aromatic carbocycles. The van der Waals surface area contributed by atoms with Gasteiger partial charge >= 0.3 is 5.97 Å². The van der Waals surface area contributed by atoms with Crippen molar-refractivity contribution in [2.45, 2.75) is 20.0 Å². The number of hydrogen-bond acceptors (Lipinski definition) is 6. The summed E-state index contributed by atoms with van der Waals surface area (Å²) in [6.45, 7) is 3.48. The lowest BCUT2D eigenvalue weighted by atomic mass is 10.1. The van der Waals surface area contributed by atoms with Gasteiger partial charge in [0, 0.05) is 23.4 Å². The summed E-state index contributed by atoms with van der Waals surface area (Å²) in [6.07, 6.45) is 1.21. The zero-order valence-corrected chi connectivity index (χ0v) is 14.4. The number of H-pyrrole nitrogens is 1. The van der Waals surface area contributed by atoms with Crippen LogP contribution in [0.15, 0.2) is 53.5 Å². The van der Waals surface area contributed by atoms with Crippen molar-refractivity contribution < 1.29 is 9.53 Å². The topological polar surface area (TPSA) is 111 Å². The molecular formula is C19H18N4O3. The second kappa shape index (κ2) is 7.18. The minimum absolute atomic E-state index is 0.0114. The summed E-state index contributed by atoms with van der Waals surface area (Å²) in [4.78, 5) is 35.1. The summed E-state index contributed by atoms with van der Waals surface area (Å²) in [6, 6.07) is 12.3. The fourth-order valence-corrected chi connectivity index (χ4v) is 2.42. The van der Waals surface area contributed by atoms with Crippen molar-refractivity contribution in [2.75, 3.05) is 5.73 Å². The summed E-state index contributed by atoms with van der Waals surface area (Å²) in [5, 5.41) is 0. The molecule has 0 saturated heterocycles. The molecule has 132 valence electrons. The number of ether oxygens (including phenoxy) is 1. The molecule has 0 bridgehead atoms. The molecule has 0 aliphatic rings. The molecule has 0 spiro atoms. The number of nitrogens with zero attached hydrogens (tertiary/aromatic N) is 2. The maximum atomic E-state index is 12.3. The Kier molecular flexibility index (Phi) is 4.79. The van der Waals surface area contributed by atoms with E-state index in [0.717, 1.165) is 5.56 Å². The van der Waals surface area contributed by atoms with E-state index in [4.69, 9.17) is 10.5 Å². The number of carbonyl (C=O) groups excluding carboxylic acids is 1. The SMILES string of the molecule is CC(C)OC(=O)c1nc(-c2ccc(=O)[nH]c2)c(-c2ccccc2)nc1N. The van der Waals surface area contributed by atoms with Crippen molar-refractivity contribution in [1.29, 1.82) is 0 Å². The van der Waals surface area contributed by atoms with Crippen LogP contribution in [0.1, 0.15) is 24.3 Å². The first-order valence-corrected chi connectivity index (χ1v) is 8.08. The third-order valence-electron chi connectivity index (χ3n) is 3.56. The molecule has 0 atom stereocenters. The van der Waals surface area contributed by atoms with Crippen LogP contribution in [0.3, 0.4) is 0 Å². The van der Waals surface area contributed by atoms with Crippen LogP contribution in [0, 0.1) is 0 Å². The van der Waals surface area contributed by atoms with Crippen molar-refractivity contribution >= 4 is 11.8 Å². The molecule has 0 fully saturated rings. The Hall–Kier alpha value is -3.48. The second-order valence-electron chi connectivity index (χ2n) is 5.92. The lowest BCUT2D eigenvalue weighted by Crippen LogP contribution is -2.17. The van der Waals surface area contributed by atoms with Gasteiger partial charge in [0.2, 0.25) is 5.56 Å². The van der Waals surface area contributed by atoms with Crippen LogP contribution in [-0.4, -0.2) is 27.0 Å². The van der Waals surface area contributed by atoms with Gasteiger partial charge < -0.3 is 15.5 Å². The van der Waals surface area contributed by atoms with Crippen LogP contribution in [0.5, 0.6) is 0 Å². The normalized spacial score (nSPS) is 10.7. The first-order valence-electron chi connectivity index (χ1n) is 8.08. The lowest BCUT2D eigenvalue weighted by Gasteiger charge is -2.13. The number of nitrogen functional groups attached to an aromatic ring is 1. The third kappa shape index (κ3) is 3.61. The van der Waals surface area contributed by atoms with E-state index in [-0.39, 0.29) is 23.2 Å². The van der Waals surface area contributed by atoms with Gasteiger partial charge in [-0.2, -0.15) is 0 Å². The first kappa shape index (κ1) is 17.3. The van der Waals surface area contributed by atoms with Crippen LogP contribution >= 0.6 is 0 Å². The highest BCUT2D eigenvalue weighted by Gasteiger charge is 2.21. The summed E-state index contributed by atoms with van der Waals surface area (Å²) in [5.74, 6) is -0.655. The van der Waals surface area contributed by atoms with Gasteiger partial charge in [0.15, 0.2) is 11.5 Å². The highest BCUT2D eigenvalue weighted by Crippen LogP contribution is 2.30. The van der Waals surface area contributed by atoms with E-state index < -0.39 is 5.97 Å². The Bertz CT molecular complexity index is 977. The van der Waals surface area contributed by atoms with Gasteiger partial charge in [-0.1, -0.05) is 30.3 Å². The minimum atomic E-state index is -0.643. The molecule has 3 N–H and O–H groups in total.